The van der Waals surface area contributed by atoms with Gasteiger partial charge >= 0.3 is 6.03 Å². The highest BCUT2D eigenvalue weighted by Crippen LogP contribution is 2.19. The minimum Gasteiger partial charge on any atom is -0.473 e. The van der Waals surface area contributed by atoms with Crippen molar-refractivity contribution in [2.75, 3.05) is 13.3 Å². The fraction of sp³-hybridized carbons (Fsp3) is 0.316. The molecule has 0 aliphatic heterocycles. The Hall–Kier alpha value is -2.49. The lowest BCUT2D eigenvalue weighted by atomic mass is 10.1. The maximum Gasteiger partial charge on any atom is 0.317 e. The van der Waals surface area contributed by atoms with Crippen LogP contribution in [0.25, 0.3) is 0 Å². The maximum absolute atomic E-state index is 11.7. The molecule has 2 aromatic carbocycles. The molecule has 0 saturated heterocycles. The van der Waals surface area contributed by atoms with Crippen molar-refractivity contribution in [3.63, 3.8) is 0 Å². The average molecular weight is 312 g/mol. The number of carbonyl (C=O) groups is 1. The molecular weight excluding hydrogens is 288 g/mol. The summed E-state index contributed by atoms with van der Waals surface area (Å²) < 4.78 is 5.59. The Kier molecular flexibility index (Phi) is 6.48. The number of benzene rings is 2. The van der Waals surface area contributed by atoms with Crippen LogP contribution in [0.1, 0.15) is 23.1 Å². The number of amides is 2. The second kappa shape index (κ2) is 8.83. The van der Waals surface area contributed by atoms with Crippen molar-refractivity contribution < 1.29 is 9.53 Å². The highest BCUT2D eigenvalue weighted by Gasteiger charge is 2.03. The third-order valence-electron chi connectivity index (χ3n) is 3.79. The Bertz CT molecular complexity index is 627. The molecular formula is C19H24N2O2. The monoisotopic (exact) mass is 312 g/mol. The Balaban J connectivity index is 1.61. The molecule has 2 aromatic rings. The third kappa shape index (κ3) is 5.66. The summed E-state index contributed by atoms with van der Waals surface area (Å²) in [7, 11) is 0. The van der Waals surface area contributed by atoms with Crippen LogP contribution in [0.5, 0.6) is 5.75 Å². The molecule has 4 nitrogen and oxygen atoms in total. The Morgan fingerprint density at radius 1 is 1.00 bits per heavy atom. The molecule has 0 aromatic heterocycles. The van der Waals surface area contributed by atoms with E-state index >= 15 is 0 Å². The maximum atomic E-state index is 11.7. The van der Waals surface area contributed by atoms with Gasteiger partial charge in [-0.2, -0.15) is 0 Å². The molecule has 2 amide bonds. The second-order valence-electron chi connectivity index (χ2n) is 5.51. The van der Waals surface area contributed by atoms with Gasteiger partial charge in [-0.05, 0) is 49.4 Å². The molecule has 0 spiro atoms. The summed E-state index contributed by atoms with van der Waals surface area (Å²) in [5.74, 6) is 0.800. The molecule has 0 radical (unpaired) electrons. The van der Waals surface area contributed by atoms with E-state index in [0.717, 1.165) is 24.2 Å². The summed E-state index contributed by atoms with van der Waals surface area (Å²) >= 11 is 0. The normalized spacial score (nSPS) is 10.2. The summed E-state index contributed by atoms with van der Waals surface area (Å²) in [6.45, 7) is 4.85. The third-order valence-corrected chi connectivity index (χ3v) is 3.79. The molecule has 0 fully saturated rings. The van der Waals surface area contributed by atoms with Crippen LogP contribution in [-0.4, -0.2) is 19.3 Å². The van der Waals surface area contributed by atoms with Crippen LogP contribution >= 0.6 is 0 Å². The number of nitrogens with one attached hydrogen (secondary N) is 2. The highest BCUT2D eigenvalue weighted by atomic mass is 16.5. The molecule has 0 bridgehead atoms. The number of urea groups is 1. The van der Waals surface area contributed by atoms with E-state index in [-0.39, 0.29) is 12.8 Å². The van der Waals surface area contributed by atoms with Gasteiger partial charge in [0.15, 0.2) is 6.73 Å². The van der Waals surface area contributed by atoms with Gasteiger partial charge < -0.3 is 15.4 Å². The van der Waals surface area contributed by atoms with Gasteiger partial charge in [0, 0.05) is 6.54 Å². The smallest absolute Gasteiger partial charge is 0.317 e. The molecule has 0 aliphatic rings. The summed E-state index contributed by atoms with van der Waals surface area (Å²) in [6, 6.07) is 15.9. The van der Waals surface area contributed by atoms with Crippen LogP contribution < -0.4 is 15.4 Å². The Morgan fingerprint density at radius 3 is 2.57 bits per heavy atom. The molecule has 0 atom stereocenters. The first-order valence-electron chi connectivity index (χ1n) is 7.91. The Labute approximate surface area is 137 Å². The van der Waals surface area contributed by atoms with Crippen molar-refractivity contribution in [1.82, 2.24) is 10.6 Å². The SMILES string of the molecule is Cc1cccc(OCNC(=O)NCCCc2ccccc2)c1C. The van der Waals surface area contributed by atoms with Crippen molar-refractivity contribution in [2.45, 2.75) is 26.7 Å². The Morgan fingerprint density at radius 2 is 1.78 bits per heavy atom. The topological polar surface area (TPSA) is 50.4 Å². The lowest BCUT2D eigenvalue weighted by molar-refractivity contribution is 0.223. The molecule has 2 rings (SSSR count). The summed E-state index contributed by atoms with van der Waals surface area (Å²) in [6.07, 6.45) is 1.87. The summed E-state index contributed by atoms with van der Waals surface area (Å²) in [5.41, 5.74) is 3.55. The predicted octanol–water partition coefficient (Wildman–Crippen LogP) is 3.57. The molecule has 122 valence electrons. The van der Waals surface area contributed by atoms with Crippen molar-refractivity contribution in [3.8, 4) is 5.75 Å². The number of ether oxygens (including phenoxy) is 1. The van der Waals surface area contributed by atoms with E-state index in [0.29, 0.717) is 6.54 Å². The van der Waals surface area contributed by atoms with E-state index in [9.17, 15) is 4.79 Å². The van der Waals surface area contributed by atoms with Gasteiger partial charge in [0.1, 0.15) is 5.75 Å². The first kappa shape index (κ1) is 16.9. The zero-order valence-corrected chi connectivity index (χ0v) is 13.8. The molecule has 4 heteroatoms. The van der Waals surface area contributed by atoms with Crippen LogP contribution in [0.3, 0.4) is 0 Å². The van der Waals surface area contributed by atoms with E-state index in [1.807, 2.05) is 50.2 Å². The average Bonchev–Trinajstić information content (AvgIpc) is 2.56. The van der Waals surface area contributed by atoms with E-state index in [4.69, 9.17) is 4.74 Å². The second-order valence-corrected chi connectivity index (χ2v) is 5.51. The van der Waals surface area contributed by atoms with Crippen molar-refractivity contribution in [1.29, 1.82) is 0 Å². The molecule has 0 aliphatic carbocycles. The number of aryl methyl sites for hydroxylation is 2. The predicted molar refractivity (Wildman–Crippen MR) is 92.7 cm³/mol. The van der Waals surface area contributed by atoms with E-state index < -0.39 is 0 Å². The van der Waals surface area contributed by atoms with E-state index in [1.165, 1.54) is 11.1 Å². The summed E-state index contributed by atoms with van der Waals surface area (Å²) in [4.78, 5) is 11.7. The molecule has 0 saturated carbocycles. The first-order chi connectivity index (χ1) is 11.2. The summed E-state index contributed by atoms with van der Waals surface area (Å²) in [5, 5.41) is 5.54. The first-order valence-corrected chi connectivity index (χ1v) is 7.91. The van der Waals surface area contributed by atoms with Crippen LogP contribution in [0, 0.1) is 13.8 Å². The number of carbonyl (C=O) groups excluding carboxylic acids is 1. The van der Waals surface area contributed by atoms with Crippen LogP contribution in [-0.2, 0) is 6.42 Å². The standard InChI is InChI=1S/C19H24N2O2/c1-15-8-6-12-18(16(15)2)23-14-21-19(22)20-13-7-11-17-9-4-3-5-10-17/h3-6,8-10,12H,7,11,13-14H2,1-2H3,(H2,20,21,22). The van der Waals surface area contributed by atoms with Crippen molar-refractivity contribution in [2.24, 2.45) is 0 Å². The van der Waals surface area contributed by atoms with Gasteiger partial charge in [0.25, 0.3) is 0 Å². The minimum atomic E-state index is -0.205. The van der Waals surface area contributed by atoms with Gasteiger partial charge in [-0.25, -0.2) is 4.79 Å². The molecule has 0 heterocycles. The highest BCUT2D eigenvalue weighted by molar-refractivity contribution is 5.73. The van der Waals surface area contributed by atoms with Gasteiger partial charge in [-0.1, -0.05) is 42.5 Å². The van der Waals surface area contributed by atoms with Gasteiger partial charge in [-0.3, -0.25) is 0 Å². The zero-order chi connectivity index (χ0) is 16.5. The van der Waals surface area contributed by atoms with Crippen molar-refractivity contribution in [3.05, 3.63) is 65.2 Å². The number of hydrogen-bond donors (Lipinski definition) is 2. The fourth-order valence-electron chi connectivity index (χ4n) is 2.26. The number of hydrogen-bond acceptors (Lipinski definition) is 2. The van der Waals surface area contributed by atoms with Crippen molar-refractivity contribution >= 4 is 6.03 Å². The lowest BCUT2D eigenvalue weighted by Crippen LogP contribution is -2.38. The quantitative estimate of drug-likeness (QED) is 0.606. The number of rotatable bonds is 7. The van der Waals surface area contributed by atoms with Gasteiger partial charge in [-0.15, -0.1) is 0 Å². The molecule has 23 heavy (non-hydrogen) atoms. The van der Waals surface area contributed by atoms with Crippen LogP contribution in [0.15, 0.2) is 48.5 Å². The zero-order valence-electron chi connectivity index (χ0n) is 13.8. The minimum absolute atomic E-state index is 0.162. The van der Waals surface area contributed by atoms with E-state index in [1.54, 1.807) is 0 Å². The van der Waals surface area contributed by atoms with E-state index in [2.05, 4.69) is 22.8 Å². The van der Waals surface area contributed by atoms with Gasteiger partial charge in [0.2, 0.25) is 0 Å². The molecule has 2 N–H and O–H groups in total. The lowest BCUT2D eigenvalue weighted by Gasteiger charge is -2.12. The van der Waals surface area contributed by atoms with Gasteiger partial charge in [0.05, 0.1) is 0 Å². The van der Waals surface area contributed by atoms with Crippen LogP contribution in [0.2, 0.25) is 0 Å². The largest absolute Gasteiger partial charge is 0.473 e. The van der Waals surface area contributed by atoms with Crippen LogP contribution in [0.4, 0.5) is 4.79 Å². The fourth-order valence-corrected chi connectivity index (χ4v) is 2.26. The molecule has 0 unspecified atom stereocenters.